The van der Waals surface area contributed by atoms with E-state index >= 15 is 0 Å². The molecule has 1 atom stereocenters. The summed E-state index contributed by atoms with van der Waals surface area (Å²) in [6, 6.07) is 22.7. The van der Waals surface area contributed by atoms with Gasteiger partial charge in [-0.1, -0.05) is 42.5 Å². The summed E-state index contributed by atoms with van der Waals surface area (Å²) in [5.41, 5.74) is 2.61. The van der Waals surface area contributed by atoms with Crippen molar-refractivity contribution in [3.63, 3.8) is 0 Å². The van der Waals surface area contributed by atoms with Crippen LogP contribution in [0.3, 0.4) is 0 Å². The lowest BCUT2D eigenvalue weighted by atomic mass is 9.87. The molecule has 0 aromatic heterocycles. The number of hydrogen-bond donors (Lipinski definition) is 2. The van der Waals surface area contributed by atoms with Crippen LogP contribution in [-0.2, 0) is 6.61 Å². The monoisotopic (exact) mass is 460 g/mol. The molecule has 1 saturated heterocycles. The molecule has 7 nitrogen and oxygen atoms in total. The number of carbonyl (C=O) groups is 1. The molecule has 3 aromatic rings. The van der Waals surface area contributed by atoms with Gasteiger partial charge in [0.1, 0.15) is 12.4 Å². The van der Waals surface area contributed by atoms with E-state index in [-0.39, 0.29) is 18.7 Å². The van der Waals surface area contributed by atoms with Crippen LogP contribution in [0, 0.1) is 5.92 Å². The van der Waals surface area contributed by atoms with Crippen molar-refractivity contribution in [3.8, 4) is 17.2 Å². The zero-order valence-electron chi connectivity index (χ0n) is 18.9. The summed E-state index contributed by atoms with van der Waals surface area (Å²) in [7, 11) is 0. The van der Waals surface area contributed by atoms with Gasteiger partial charge in [0.05, 0.1) is 6.10 Å². The standard InChI is InChI=1S/C27H28N2O5/c30-26(20-6-2-1-3-7-20)21-11-13-29(14-12-21)27(31)28-22-8-4-5-19(15-22)17-32-23-9-10-24-25(16-23)34-18-33-24/h1-10,15-16,21,26,30H,11-14,17-18H2,(H,28,31). The maximum Gasteiger partial charge on any atom is 0.321 e. The van der Waals surface area contributed by atoms with Gasteiger partial charge in [0.25, 0.3) is 0 Å². The Hall–Kier alpha value is -3.71. The number of anilines is 1. The summed E-state index contributed by atoms with van der Waals surface area (Å²) in [6.07, 6.45) is 1.05. The Balaban J connectivity index is 1.12. The van der Waals surface area contributed by atoms with Crippen LogP contribution < -0.4 is 19.5 Å². The lowest BCUT2D eigenvalue weighted by molar-refractivity contribution is 0.0683. The van der Waals surface area contributed by atoms with E-state index in [1.54, 1.807) is 0 Å². The lowest BCUT2D eigenvalue weighted by Gasteiger charge is -2.34. The Morgan fingerprint density at radius 2 is 1.79 bits per heavy atom. The predicted molar refractivity (Wildman–Crippen MR) is 128 cm³/mol. The molecule has 2 N–H and O–H groups in total. The molecule has 2 amide bonds. The Bertz CT molecular complexity index is 1130. The third-order valence-corrected chi connectivity index (χ3v) is 6.34. The number of urea groups is 1. The molecule has 176 valence electrons. The Morgan fingerprint density at radius 3 is 2.62 bits per heavy atom. The van der Waals surface area contributed by atoms with Crippen molar-refractivity contribution in [2.75, 3.05) is 25.2 Å². The van der Waals surface area contributed by atoms with Gasteiger partial charge in [0.15, 0.2) is 11.5 Å². The molecule has 1 fully saturated rings. The second kappa shape index (κ2) is 10.1. The zero-order valence-corrected chi connectivity index (χ0v) is 18.9. The maximum atomic E-state index is 12.8. The van der Waals surface area contributed by atoms with Crippen LogP contribution in [-0.4, -0.2) is 35.9 Å². The van der Waals surface area contributed by atoms with Gasteiger partial charge in [0, 0.05) is 24.8 Å². The van der Waals surface area contributed by atoms with E-state index in [1.807, 2.05) is 77.7 Å². The SMILES string of the molecule is O=C(Nc1cccc(COc2ccc3c(c2)OCO3)c1)N1CCC(C(O)c2ccccc2)CC1. The minimum Gasteiger partial charge on any atom is -0.489 e. The van der Waals surface area contributed by atoms with E-state index < -0.39 is 6.10 Å². The first-order chi connectivity index (χ1) is 16.7. The van der Waals surface area contributed by atoms with Crippen molar-refractivity contribution in [1.29, 1.82) is 0 Å². The van der Waals surface area contributed by atoms with Crippen LogP contribution >= 0.6 is 0 Å². The van der Waals surface area contributed by atoms with Gasteiger partial charge in [-0.15, -0.1) is 0 Å². The van der Waals surface area contributed by atoms with Crippen LogP contribution in [0.2, 0.25) is 0 Å². The largest absolute Gasteiger partial charge is 0.489 e. The molecule has 0 radical (unpaired) electrons. The topological polar surface area (TPSA) is 80.3 Å². The van der Waals surface area contributed by atoms with Gasteiger partial charge in [-0.3, -0.25) is 0 Å². The van der Waals surface area contributed by atoms with Crippen molar-refractivity contribution in [2.45, 2.75) is 25.6 Å². The number of rotatable bonds is 6. The van der Waals surface area contributed by atoms with E-state index in [0.29, 0.717) is 31.2 Å². The molecule has 5 rings (SSSR count). The Kier molecular flexibility index (Phi) is 6.53. The molecule has 0 saturated carbocycles. The number of fused-ring (bicyclic) bond motifs is 1. The fourth-order valence-corrected chi connectivity index (χ4v) is 4.42. The fourth-order valence-electron chi connectivity index (χ4n) is 4.42. The number of likely N-dealkylation sites (tertiary alicyclic amines) is 1. The molecule has 34 heavy (non-hydrogen) atoms. The molecule has 2 aliphatic rings. The Labute approximate surface area is 198 Å². The van der Waals surface area contributed by atoms with Crippen LogP contribution in [0.25, 0.3) is 0 Å². The second-order valence-electron chi connectivity index (χ2n) is 8.61. The minimum atomic E-state index is -0.493. The van der Waals surface area contributed by atoms with Crippen molar-refractivity contribution in [2.24, 2.45) is 5.92 Å². The number of amides is 2. The number of aliphatic hydroxyl groups is 1. The van der Waals surface area contributed by atoms with Crippen molar-refractivity contribution >= 4 is 11.7 Å². The first-order valence-corrected chi connectivity index (χ1v) is 11.6. The van der Waals surface area contributed by atoms with Gasteiger partial charge in [-0.05, 0) is 54.2 Å². The van der Waals surface area contributed by atoms with Gasteiger partial charge >= 0.3 is 6.03 Å². The highest BCUT2D eigenvalue weighted by Gasteiger charge is 2.28. The molecular formula is C27H28N2O5. The van der Waals surface area contributed by atoms with Gasteiger partial charge in [0.2, 0.25) is 6.79 Å². The van der Waals surface area contributed by atoms with Crippen molar-refractivity contribution in [3.05, 3.63) is 83.9 Å². The number of aliphatic hydroxyl groups excluding tert-OH is 1. The third kappa shape index (κ3) is 5.10. The normalized spacial score (nSPS) is 16.2. The highest BCUT2D eigenvalue weighted by Crippen LogP contribution is 2.35. The number of hydrogen-bond acceptors (Lipinski definition) is 5. The number of benzene rings is 3. The van der Waals surface area contributed by atoms with Gasteiger partial charge < -0.3 is 29.5 Å². The minimum absolute atomic E-state index is 0.124. The highest BCUT2D eigenvalue weighted by atomic mass is 16.7. The maximum absolute atomic E-state index is 12.8. The average molecular weight is 461 g/mol. The summed E-state index contributed by atoms with van der Waals surface area (Å²) in [5.74, 6) is 2.25. The van der Waals surface area contributed by atoms with Crippen LogP contribution in [0.1, 0.15) is 30.1 Å². The first-order valence-electron chi connectivity index (χ1n) is 11.6. The lowest BCUT2D eigenvalue weighted by Crippen LogP contribution is -2.42. The number of carbonyl (C=O) groups excluding carboxylic acids is 1. The van der Waals surface area contributed by atoms with E-state index in [1.165, 1.54) is 0 Å². The van der Waals surface area contributed by atoms with Crippen molar-refractivity contribution < 1.29 is 24.1 Å². The summed E-state index contributed by atoms with van der Waals surface area (Å²) >= 11 is 0. The Morgan fingerprint density at radius 1 is 1.00 bits per heavy atom. The molecule has 0 aliphatic carbocycles. The smallest absolute Gasteiger partial charge is 0.321 e. The van der Waals surface area contributed by atoms with E-state index in [0.717, 1.165) is 35.4 Å². The first kappa shape index (κ1) is 22.1. The summed E-state index contributed by atoms with van der Waals surface area (Å²) in [4.78, 5) is 14.6. The number of ether oxygens (including phenoxy) is 3. The second-order valence-corrected chi connectivity index (χ2v) is 8.61. The molecule has 7 heteroatoms. The summed E-state index contributed by atoms with van der Waals surface area (Å²) in [6.45, 7) is 1.83. The van der Waals surface area contributed by atoms with Gasteiger partial charge in [-0.25, -0.2) is 4.79 Å². The number of piperidine rings is 1. The number of nitrogens with one attached hydrogen (secondary N) is 1. The predicted octanol–water partition coefficient (Wildman–Crippen LogP) is 4.97. The number of nitrogens with zero attached hydrogens (tertiary/aromatic N) is 1. The fraction of sp³-hybridized carbons (Fsp3) is 0.296. The van der Waals surface area contributed by atoms with Crippen LogP contribution in [0.4, 0.5) is 10.5 Å². The summed E-state index contributed by atoms with van der Waals surface area (Å²) < 4.78 is 16.6. The molecule has 0 bridgehead atoms. The molecule has 0 spiro atoms. The van der Waals surface area contributed by atoms with E-state index in [9.17, 15) is 9.90 Å². The summed E-state index contributed by atoms with van der Waals surface area (Å²) in [5, 5.41) is 13.7. The molecular weight excluding hydrogens is 432 g/mol. The van der Waals surface area contributed by atoms with Gasteiger partial charge in [-0.2, -0.15) is 0 Å². The quantitative estimate of drug-likeness (QED) is 0.543. The molecule has 2 aliphatic heterocycles. The van der Waals surface area contributed by atoms with Crippen LogP contribution in [0.5, 0.6) is 17.2 Å². The zero-order chi connectivity index (χ0) is 23.3. The molecule has 1 unspecified atom stereocenters. The third-order valence-electron chi connectivity index (χ3n) is 6.34. The highest BCUT2D eigenvalue weighted by molar-refractivity contribution is 5.89. The average Bonchev–Trinajstić information content (AvgIpc) is 3.36. The molecule has 3 aromatic carbocycles. The van der Waals surface area contributed by atoms with Crippen molar-refractivity contribution in [1.82, 2.24) is 4.90 Å². The molecule has 2 heterocycles. The van der Waals surface area contributed by atoms with Crippen LogP contribution in [0.15, 0.2) is 72.8 Å². The van der Waals surface area contributed by atoms with E-state index in [4.69, 9.17) is 14.2 Å². The van der Waals surface area contributed by atoms with E-state index in [2.05, 4.69) is 5.32 Å².